The van der Waals surface area contributed by atoms with E-state index in [9.17, 15) is 49.8 Å². The van der Waals surface area contributed by atoms with Gasteiger partial charge in [-0.15, -0.1) is 0 Å². The molecule has 2 N–H and O–H groups in total. The van der Waals surface area contributed by atoms with E-state index >= 15 is 0 Å². The lowest BCUT2D eigenvalue weighted by molar-refractivity contribution is -0.273. The van der Waals surface area contributed by atoms with Gasteiger partial charge in [0.2, 0.25) is 0 Å². The maximum Gasteiger partial charge on any atom is 0.477 e. The normalized spacial score (nSPS) is 14.3. The Bertz CT molecular complexity index is 1340. The molecule has 0 aromatic heterocycles. The van der Waals surface area contributed by atoms with Gasteiger partial charge in [-0.2, -0.15) is 26.3 Å². The van der Waals surface area contributed by atoms with E-state index in [-0.39, 0.29) is 0 Å². The molecule has 1 unspecified atom stereocenters. The minimum atomic E-state index is -5.97. The largest absolute Gasteiger partial charge is 0.507 e. The van der Waals surface area contributed by atoms with E-state index in [0.717, 1.165) is 42.5 Å². The quantitative estimate of drug-likeness (QED) is 0.253. The van der Waals surface area contributed by atoms with Crippen LogP contribution < -0.4 is 4.74 Å². The number of carboxylic acids is 1. The maximum atomic E-state index is 14.5. The number of rotatable bonds is 7. The lowest BCUT2D eigenvalue weighted by atomic mass is 10.0. The predicted octanol–water partition coefficient (Wildman–Crippen LogP) is 4.94. The van der Waals surface area contributed by atoms with Crippen molar-refractivity contribution in [2.45, 2.75) is 23.1 Å². The average molecular weight is 535 g/mol. The SMILES string of the molecule is O=C(O)C(Oc1ccc(C(F)(F)F)cc1)(c1ccccc1)N(C(F)(F)F)S(=O)(=O)c1ccccc1O. The summed E-state index contributed by atoms with van der Waals surface area (Å²) in [5, 5.41) is 20.0. The topological polar surface area (TPSA) is 104 Å². The van der Waals surface area contributed by atoms with E-state index in [1.807, 2.05) is 0 Å². The van der Waals surface area contributed by atoms with Crippen LogP contribution in [0.5, 0.6) is 11.5 Å². The molecule has 0 aliphatic rings. The number of alkyl halides is 6. The fraction of sp³-hybridized carbons (Fsp3) is 0.136. The molecule has 3 aromatic carbocycles. The molecule has 0 fully saturated rings. The molecule has 0 aliphatic heterocycles. The number of phenols is 1. The fourth-order valence-corrected chi connectivity index (χ4v) is 4.89. The van der Waals surface area contributed by atoms with Gasteiger partial charge < -0.3 is 14.9 Å². The molecule has 1 atom stereocenters. The molecule has 0 aliphatic carbocycles. The summed E-state index contributed by atoms with van der Waals surface area (Å²) in [5.41, 5.74) is -5.96. The van der Waals surface area contributed by atoms with Gasteiger partial charge in [-0.3, -0.25) is 0 Å². The van der Waals surface area contributed by atoms with E-state index in [2.05, 4.69) is 0 Å². The molecule has 36 heavy (non-hydrogen) atoms. The smallest absolute Gasteiger partial charge is 0.477 e. The third-order valence-electron chi connectivity index (χ3n) is 4.80. The van der Waals surface area contributed by atoms with Crippen LogP contribution in [0.15, 0.2) is 83.8 Å². The minimum absolute atomic E-state index is 0.419. The molecule has 0 saturated carbocycles. The summed E-state index contributed by atoms with van der Waals surface area (Å²) in [6.07, 6.45) is -10.8. The molecule has 7 nitrogen and oxygen atoms in total. The highest BCUT2D eigenvalue weighted by Crippen LogP contribution is 2.45. The van der Waals surface area contributed by atoms with Gasteiger partial charge in [-0.25, -0.2) is 13.2 Å². The van der Waals surface area contributed by atoms with Gasteiger partial charge in [0, 0.05) is 5.56 Å². The number of hydrogen-bond acceptors (Lipinski definition) is 5. The average Bonchev–Trinajstić information content (AvgIpc) is 2.78. The Labute approximate surface area is 199 Å². The number of nitrogens with zero attached hydrogens (tertiary/aromatic N) is 1. The van der Waals surface area contributed by atoms with Crippen molar-refractivity contribution >= 4 is 16.0 Å². The molecular weight excluding hydrogens is 520 g/mol. The van der Waals surface area contributed by atoms with Crippen LogP contribution in [0.3, 0.4) is 0 Å². The van der Waals surface area contributed by atoms with Gasteiger partial charge >= 0.3 is 24.2 Å². The van der Waals surface area contributed by atoms with Gasteiger partial charge in [-0.1, -0.05) is 42.5 Å². The first kappa shape index (κ1) is 26.8. The Hall–Kier alpha value is -3.78. The van der Waals surface area contributed by atoms with Crippen molar-refractivity contribution in [3.63, 3.8) is 0 Å². The Morgan fingerprint density at radius 1 is 0.778 bits per heavy atom. The zero-order chi connectivity index (χ0) is 26.9. The van der Waals surface area contributed by atoms with E-state index in [4.69, 9.17) is 4.74 Å². The number of carbonyl (C=O) groups is 1. The van der Waals surface area contributed by atoms with Crippen LogP contribution in [-0.4, -0.2) is 35.2 Å². The number of phenolic OH excluding ortho intramolecular Hbond substituents is 1. The van der Waals surface area contributed by atoms with Gasteiger partial charge in [0.1, 0.15) is 16.4 Å². The molecule has 3 aromatic rings. The first-order valence-electron chi connectivity index (χ1n) is 9.67. The second-order valence-electron chi connectivity index (χ2n) is 7.14. The fourth-order valence-electron chi connectivity index (χ4n) is 3.28. The van der Waals surface area contributed by atoms with Crippen LogP contribution in [0, 0.1) is 0 Å². The highest BCUT2D eigenvalue weighted by molar-refractivity contribution is 7.89. The van der Waals surface area contributed by atoms with Crippen molar-refractivity contribution in [3.8, 4) is 11.5 Å². The third kappa shape index (κ3) is 4.95. The monoisotopic (exact) mass is 535 g/mol. The summed E-state index contributed by atoms with van der Waals surface area (Å²) in [6, 6.07) is 10.6. The van der Waals surface area contributed by atoms with Crippen LogP contribution in [0.25, 0.3) is 0 Å². The standard InChI is InChI=1S/C22H15F6NO6S/c23-21(24,25)15-10-12-16(13-11-15)35-20(19(31)32,14-6-2-1-3-7-14)29(22(26,27)28)36(33,34)18-9-5-4-8-17(18)30/h1-13,30H,(H,31,32). The molecule has 0 bridgehead atoms. The number of ether oxygens (including phenoxy) is 1. The third-order valence-corrected chi connectivity index (χ3v) is 6.65. The summed E-state index contributed by atoms with van der Waals surface area (Å²) >= 11 is 0. The van der Waals surface area contributed by atoms with E-state index in [1.54, 1.807) is 0 Å². The van der Waals surface area contributed by atoms with Crippen molar-refractivity contribution in [1.29, 1.82) is 0 Å². The first-order chi connectivity index (χ1) is 16.6. The molecule has 0 saturated heterocycles. The lowest BCUT2D eigenvalue weighted by Gasteiger charge is -2.40. The molecule has 3 rings (SSSR count). The van der Waals surface area contributed by atoms with Crippen LogP contribution in [0.1, 0.15) is 11.1 Å². The molecular formula is C22H15F6NO6S. The van der Waals surface area contributed by atoms with Gasteiger partial charge in [0.05, 0.1) is 5.56 Å². The van der Waals surface area contributed by atoms with Crippen LogP contribution >= 0.6 is 0 Å². The van der Waals surface area contributed by atoms with E-state index in [0.29, 0.717) is 30.3 Å². The Morgan fingerprint density at radius 3 is 1.78 bits per heavy atom. The predicted molar refractivity (Wildman–Crippen MR) is 111 cm³/mol. The van der Waals surface area contributed by atoms with Crippen molar-refractivity contribution < 1.29 is 54.5 Å². The highest BCUT2D eigenvalue weighted by atomic mass is 32.2. The van der Waals surface area contributed by atoms with Crippen molar-refractivity contribution in [2.75, 3.05) is 0 Å². The number of benzene rings is 3. The number of halogens is 6. The first-order valence-corrected chi connectivity index (χ1v) is 11.1. The maximum absolute atomic E-state index is 14.5. The molecule has 192 valence electrons. The highest BCUT2D eigenvalue weighted by Gasteiger charge is 2.65. The van der Waals surface area contributed by atoms with Gasteiger partial charge in [0.25, 0.3) is 10.0 Å². The second-order valence-corrected chi connectivity index (χ2v) is 8.90. The Balaban J connectivity index is 2.35. The van der Waals surface area contributed by atoms with Crippen LogP contribution in [0.4, 0.5) is 26.3 Å². The van der Waals surface area contributed by atoms with Crippen molar-refractivity contribution in [1.82, 2.24) is 4.31 Å². The molecule has 0 radical (unpaired) electrons. The number of sulfonamides is 1. The lowest BCUT2D eigenvalue weighted by Crippen LogP contribution is -2.63. The zero-order valence-electron chi connectivity index (χ0n) is 17.7. The number of hydrogen-bond donors (Lipinski definition) is 2. The molecule has 14 heteroatoms. The van der Waals surface area contributed by atoms with Gasteiger partial charge in [0.15, 0.2) is 0 Å². The number of para-hydroxylation sites is 1. The van der Waals surface area contributed by atoms with Crippen LogP contribution in [0.2, 0.25) is 0 Å². The van der Waals surface area contributed by atoms with Crippen molar-refractivity contribution in [2.24, 2.45) is 0 Å². The molecule has 0 amide bonds. The van der Waals surface area contributed by atoms with Crippen LogP contribution in [-0.2, 0) is 26.7 Å². The summed E-state index contributed by atoms with van der Waals surface area (Å²) in [5.74, 6) is -4.41. The number of carboxylic acid groups (broad SMARTS) is 1. The van der Waals surface area contributed by atoms with E-state index < -0.39 is 66.0 Å². The summed E-state index contributed by atoms with van der Waals surface area (Å²) in [6.45, 7) is 0. The van der Waals surface area contributed by atoms with Gasteiger partial charge in [-0.05, 0) is 40.7 Å². The Kier molecular flexibility index (Phi) is 6.97. The molecule has 0 heterocycles. The number of aliphatic carboxylic acids is 1. The zero-order valence-corrected chi connectivity index (χ0v) is 18.5. The summed E-state index contributed by atoms with van der Waals surface area (Å²) < 4.78 is 112. The summed E-state index contributed by atoms with van der Waals surface area (Å²) in [4.78, 5) is 11.2. The molecule has 0 spiro atoms. The Morgan fingerprint density at radius 2 is 1.31 bits per heavy atom. The minimum Gasteiger partial charge on any atom is -0.507 e. The number of aromatic hydroxyl groups is 1. The van der Waals surface area contributed by atoms with E-state index in [1.165, 1.54) is 6.07 Å². The summed E-state index contributed by atoms with van der Waals surface area (Å²) in [7, 11) is -5.92. The van der Waals surface area contributed by atoms with Crippen molar-refractivity contribution in [3.05, 3.63) is 90.0 Å². The second kappa shape index (κ2) is 9.35.